The van der Waals surface area contributed by atoms with Crippen LogP contribution in [0.3, 0.4) is 0 Å². The Balaban J connectivity index is 3.18. The Morgan fingerprint density at radius 1 is 1.31 bits per heavy atom. The Kier molecular flexibility index (Phi) is 3.20. The summed E-state index contributed by atoms with van der Waals surface area (Å²) >= 11 is 0. The number of hydrazine groups is 1. The number of carbonyl (C=O) groups excluding carboxylic acids is 1. The van der Waals surface area contributed by atoms with Crippen molar-refractivity contribution in [2.75, 3.05) is 0 Å². The van der Waals surface area contributed by atoms with Gasteiger partial charge in [-0.15, -0.1) is 0 Å². The van der Waals surface area contributed by atoms with Crippen molar-refractivity contribution < 1.29 is 22.8 Å². The van der Waals surface area contributed by atoms with Crippen molar-refractivity contribution in [2.45, 2.75) is 0 Å². The smallest absolute Gasteiger partial charge is 0.265 e. The monoisotopic (exact) mass is 246 g/mol. The average Bonchev–Trinajstić information content (AvgIpc) is 2.16. The molecular weight excluding hydrogens is 240 g/mol. The second-order valence-corrected chi connectivity index (χ2v) is 3.87. The van der Waals surface area contributed by atoms with Gasteiger partial charge in [-0.25, -0.2) is 10.1 Å². The van der Waals surface area contributed by atoms with E-state index in [0.29, 0.717) is 0 Å². The molecular formula is C7H6N2O6S. The van der Waals surface area contributed by atoms with Gasteiger partial charge in [0.1, 0.15) is 0 Å². The van der Waals surface area contributed by atoms with E-state index in [-0.39, 0.29) is 5.56 Å². The van der Waals surface area contributed by atoms with Crippen LogP contribution in [0, 0.1) is 10.1 Å². The number of amides is 1. The molecule has 1 aromatic carbocycles. The van der Waals surface area contributed by atoms with Crippen molar-refractivity contribution in [3.8, 4) is 0 Å². The molecule has 9 heteroatoms. The lowest BCUT2D eigenvalue weighted by Crippen LogP contribution is -2.40. The highest BCUT2D eigenvalue weighted by Gasteiger charge is 2.37. The molecule has 0 aromatic heterocycles. The summed E-state index contributed by atoms with van der Waals surface area (Å²) in [6.07, 6.45) is 0. The highest BCUT2D eigenvalue weighted by molar-refractivity contribution is 7.83. The topological polar surface area (TPSA) is 118 Å². The lowest BCUT2D eigenvalue weighted by Gasteiger charge is -2.07. The van der Waals surface area contributed by atoms with E-state index in [2.05, 4.69) is 0 Å². The molecule has 1 amide bonds. The molecule has 1 aromatic rings. The number of hydrogen-bond donors (Lipinski definition) is 1. The zero-order valence-corrected chi connectivity index (χ0v) is 8.49. The van der Waals surface area contributed by atoms with Gasteiger partial charge in [0.25, 0.3) is 0 Å². The molecule has 0 saturated carbocycles. The third-order valence-corrected chi connectivity index (χ3v) is 2.30. The molecule has 1 N–H and O–H groups in total. The Bertz CT molecular complexity index is 511. The maximum Gasteiger partial charge on any atom is 0.418 e. The first-order valence-corrected chi connectivity index (χ1v) is 5.25. The van der Waals surface area contributed by atoms with E-state index in [9.17, 15) is 23.3 Å². The van der Waals surface area contributed by atoms with Crippen molar-refractivity contribution in [1.29, 1.82) is 0 Å². The summed E-state index contributed by atoms with van der Waals surface area (Å²) in [5.74, 6) is -1.44. The molecule has 0 aliphatic rings. The maximum atomic E-state index is 11.4. The summed E-state index contributed by atoms with van der Waals surface area (Å²) < 4.78 is 28.9. The third kappa shape index (κ3) is 2.52. The van der Waals surface area contributed by atoms with Crippen molar-refractivity contribution in [2.24, 2.45) is 0 Å². The normalized spacial score (nSPS) is 10.8. The second-order valence-electron chi connectivity index (χ2n) is 2.63. The van der Waals surface area contributed by atoms with Crippen LogP contribution in [0.2, 0.25) is 0 Å². The van der Waals surface area contributed by atoms with Crippen molar-refractivity contribution >= 4 is 16.2 Å². The van der Waals surface area contributed by atoms with Gasteiger partial charge < -0.3 is 0 Å². The van der Waals surface area contributed by atoms with Gasteiger partial charge in [-0.2, -0.15) is 8.42 Å². The van der Waals surface area contributed by atoms with Gasteiger partial charge in [0.2, 0.25) is 0 Å². The first-order valence-electron chi connectivity index (χ1n) is 3.85. The Morgan fingerprint density at radius 2 is 1.81 bits per heavy atom. The summed E-state index contributed by atoms with van der Waals surface area (Å²) in [5, 5.41) is 8.82. The van der Waals surface area contributed by atoms with Crippen LogP contribution in [-0.4, -0.2) is 28.3 Å². The Morgan fingerprint density at radius 3 is 2.19 bits per heavy atom. The van der Waals surface area contributed by atoms with Crippen molar-refractivity contribution in [3.05, 3.63) is 46.0 Å². The van der Waals surface area contributed by atoms with E-state index in [4.69, 9.17) is 4.55 Å². The van der Waals surface area contributed by atoms with Crippen LogP contribution < -0.4 is 0 Å². The Hall–Kier alpha value is -2.00. The number of nitrogens with zero attached hydrogens (tertiary/aromatic N) is 2. The van der Waals surface area contributed by atoms with Gasteiger partial charge in [-0.05, 0) is 12.1 Å². The number of benzene rings is 1. The highest BCUT2D eigenvalue weighted by atomic mass is 32.2. The molecule has 0 radical (unpaired) electrons. The van der Waals surface area contributed by atoms with E-state index in [1.807, 2.05) is 0 Å². The molecule has 0 aliphatic carbocycles. The molecule has 0 heterocycles. The van der Waals surface area contributed by atoms with E-state index in [1.165, 1.54) is 24.3 Å². The van der Waals surface area contributed by atoms with Gasteiger partial charge in [-0.3, -0.25) is 9.35 Å². The van der Waals surface area contributed by atoms with Gasteiger partial charge in [0, 0.05) is 5.56 Å². The zero-order valence-electron chi connectivity index (χ0n) is 7.68. The van der Waals surface area contributed by atoms with E-state index >= 15 is 0 Å². The summed E-state index contributed by atoms with van der Waals surface area (Å²) in [5.41, 5.74) is -0.225. The first kappa shape index (κ1) is 12.1. The average molecular weight is 246 g/mol. The van der Waals surface area contributed by atoms with E-state index < -0.39 is 25.7 Å². The lowest BCUT2D eigenvalue weighted by atomic mass is 10.2. The van der Waals surface area contributed by atoms with Crippen LogP contribution in [0.25, 0.3) is 0 Å². The highest BCUT2D eigenvalue weighted by Crippen LogP contribution is 2.08. The summed E-state index contributed by atoms with van der Waals surface area (Å²) in [7, 11) is -5.23. The number of hydrogen-bond acceptors (Lipinski definition) is 5. The minimum atomic E-state index is -5.23. The predicted octanol–water partition coefficient (Wildman–Crippen LogP) is 0.123. The third-order valence-electron chi connectivity index (χ3n) is 1.56. The van der Waals surface area contributed by atoms with E-state index in [1.54, 1.807) is 6.07 Å². The molecule has 0 fully saturated rings. The number of carbonyl (C=O) groups is 1. The first-order chi connectivity index (χ1) is 7.34. The fourth-order valence-electron chi connectivity index (χ4n) is 0.954. The molecule has 0 unspecified atom stereocenters. The van der Waals surface area contributed by atoms with Crippen molar-refractivity contribution in [3.63, 3.8) is 0 Å². The predicted molar refractivity (Wildman–Crippen MR) is 51.2 cm³/mol. The molecule has 16 heavy (non-hydrogen) atoms. The second kappa shape index (κ2) is 4.24. The molecule has 8 nitrogen and oxygen atoms in total. The lowest BCUT2D eigenvalue weighted by molar-refractivity contribution is -0.599. The minimum Gasteiger partial charge on any atom is -0.265 e. The van der Waals surface area contributed by atoms with E-state index in [0.717, 1.165) is 0 Å². The van der Waals surface area contributed by atoms with Crippen LogP contribution in [0.15, 0.2) is 30.3 Å². The molecule has 0 aliphatic heterocycles. The van der Waals surface area contributed by atoms with Crippen LogP contribution in [-0.2, 0) is 10.3 Å². The Labute approximate surface area is 90.1 Å². The summed E-state index contributed by atoms with van der Waals surface area (Å²) in [4.78, 5) is 21.7. The number of nitro groups is 1. The van der Waals surface area contributed by atoms with Crippen LogP contribution in [0.1, 0.15) is 10.4 Å². The molecule has 86 valence electrons. The van der Waals surface area contributed by atoms with Gasteiger partial charge in [0.15, 0.2) is 5.03 Å². The van der Waals surface area contributed by atoms with Crippen LogP contribution >= 0.6 is 0 Å². The molecule has 0 bridgehead atoms. The summed E-state index contributed by atoms with van der Waals surface area (Å²) in [6.45, 7) is 0. The van der Waals surface area contributed by atoms with Gasteiger partial charge in [0.05, 0.1) is 4.41 Å². The fraction of sp³-hybridized carbons (Fsp3) is 0. The SMILES string of the molecule is O=C(c1ccccc1)N([N+](=O)[O-])S(=O)(=O)O. The van der Waals surface area contributed by atoms with Crippen molar-refractivity contribution in [1.82, 2.24) is 4.41 Å². The standard InChI is InChI=1S/C7H6N2O6S/c10-7(6-4-2-1-3-5-6)8(9(11)12)16(13,14)15/h1-5H,(H,13,14,15). The van der Waals surface area contributed by atoms with Crippen LogP contribution in [0.4, 0.5) is 0 Å². The number of rotatable bonds is 3. The fourth-order valence-corrected chi connectivity index (χ4v) is 1.44. The molecule has 0 atom stereocenters. The van der Waals surface area contributed by atoms with Gasteiger partial charge >= 0.3 is 16.2 Å². The zero-order chi connectivity index (χ0) is 12.3. The minimum absolute atomic E-state index is 0.225. The molecule has 0 spiro atoms. The molecule has 0 saturated heterocycles. The molecule has 1 rings (SSSR count). The van der Waals surface area contributed by atoms with Crippen LogP contribution in [0.5, 0.6) is 0 Å². The summed E-state index contributed by atoms with van der Waals surface area (Å²) in [6, 6.07) is 6.71. The largest absolute Gasteiger partial charge is 0.418 e. The maximum absolute atomic E-state index is 11.4. The quantitative estimate of drug-likeness (QED) is 0.460. The van der Waals surface area contributed by atoms with Gasteiger partial charge in [-0.1, -0.05) is 18.2 Å².